The third-order valence-corrected chi connectivity index (χ3v) is 4.14. The van der Waals surface area contributed by atoms with E-state index in [1.807, 2.05) is 0 Å². The van der Waals surface area contributed by atoms with E-state index in [4.69, 9.17) is 0 Å². The van der Waals surface area contributed by atoms with Crippen LogP contribution in [0.4, 0.5) is 0 Å². The first-order chi connectivity index (χ1) is 7.22. The molecule has 0 aromatic carbocycles. The third-order valence-electron chi connectivity index (χ3n) is 4.14. The van der Waals surface area contributed by atoms with Crippen LogP contribution in [0.25, 0.3) is 0 Å². The van der Waals surface area contributed by atoms with Gasteiger partial charge < -0.3 is 4.48 Å². The first-order valence-electron chi connectivity index (χ1n) is 6.80. The second-order valence-corrected chi connectivity index (χ2v) is 6.16. The van der Waals surface area contributed by atoms with Gasteiger partial charge in [-0.1, -0.05) is 0 Å². The Balaban J connectivity index is 4.21. The minimum absolute atomic E-state index is 0.657. The van der Waals surface area contributed by atoms with Gasteiger partial charge in [0.1, 0.15) is 0 Å². The van der Waals surface area contributed by atoms with Crippen molar-refractivity contribution in [1.29, 1.82) is 0 Å². The molecule has 0 heterocycles. The van der Waals surface area contributed by atoms with Gasteiger partial charge in [0.25, 0.3) is 0 Å². The highest BCUT2D eigenvalue weighted by atomic mass is 15.3. The van der Waals surface area contributed by atoms with Gasteiger partial charge in [-0.2, -0.15) is 0 Å². The zero-order valence-electron chi connectivity index (χ0n) is 12.7. The smallest absolute Gasteiger partial charge is 0.0869 e. The van der Waals surface area contributed by atoms with Crippen LogP contribution in [-0.2, 0) is 0 Å². The van der Waals surface area contributed by atoms with E-state index < -0.39 is 0 Å². The molecule has 2 heteroatoms. The molecule has 0 rings (SSSR count). The van der Waals surface area contributed by atoms with Gasteiger partial charge in [-0.05, 0) is 41.5 Å². The Morgan fingerprint density at radius 2 is 1.38 bits per heavy atom. The van der Waals surface area contributed by atoms with Gasteiger partial charge in [-0.3, -0.25) is 4.90 Å². The predicted molar refractivity (Wildman–Crippen MR) is 73.7 cm³/mol. The van der Waals surface area contributed by atoms with Crippen LogP contribution in [0.5, 0.6) is 0 Å². The van der Waals surface area contributed by atoms with Crippen molar-refractivity contribution in [3.63, 3.8) is 0 Å². The Hall–Kier alpha value is -0.0800. The lowest BCUT2D eigenvalue weighted by Gasteiger charge is -2.38. The first kappa shape index (κ1) is 15.9. The number of quaternary nitrogens is 1. The third kappa shape index (κ3) is 4.84. The highest BCUT2D eigenvalue weighted by Crippen LogP contribution is 2.13. The minimum Gasteiger partial charge on any atom is -0.326 e. The van der Waals surface area contributed by atoms with E-state index in [0.717, 1.165) is 10.5 Å². The highest BCUT2D eigenvalue weighted by molar-refractivity contribution is 4.68. The van der Waals surface area contributed by atoms with Crippen molar-refractivity contribution in [1.82, 2.24) is 4.90 Å². The molecule has 0 fully saturated rings. The molecule has 0 N–H and O–H groups in total. The van der Waals surface area contributed by atoms with Gasteiger partial charge in [0.15, 0.2) is 0 Å². The SMILES string of the molecule is CC[N+](C)(C)C(C)CCN(C(C)C)C(C)C. The standard InChI is InChI=1S/C14H33N2/c1-9-16(7,8)14(6)10-11-15(12(2)3)13(4)5/h12-14H,9-11H2,1-8H3/q+1. The predicted octanol–water partition coefficient (Wildman–Crippen LogP) is 2.98. The molecule has 0 saturated heterocycles. The summed E-state index contributed by atoms with van der Waals surface area (Å²) >= 11 is 0. The lowest BCUT2D eigenvalue weighted by atomic mass is 10.1. The molecule has 0 aliphatic heterocycles. The maximum atomic E-state index is 2.59. The molecule has 0 aliphatic rings. The van der Waals surface area contributed by atoms with Crippen molar-refractivity contribution in [2.24, 2.45) is 0 Å². The second-order valence-electron chi connectivity index (χ2n) is 6.16. The van der Waals surface area contributed by atoms with Gasteiger partial charge >= 0.3 is 0 Å². The lowest BCUT2D eigenvalue weighted by molar-refractivity contribution is -0.911. The fraction of sp³-hybridized carbons (Fsp3) is 1.00. The molecule has 2 nitrogen and oxygen atoms in total. The van der Waals surface area contributed by atoms with Crippen LogP contribution < -0.4 is 0 Å². The molecule has 0 radical (unpaired) electrons. The number of hydrogen-bond acceptors (Lipinski definition) is 1. The Bertz CT molecular complexity index is 177. The zero-order chi connectivity index (χ0) is 12.9. The summed E-state index contributed by atoms with van der Waals surface area (Å²) in [6, 6.07) is 2.05. The summed E-state index contributed by atoms with van der Waals surface area (Å²) in [4.78, 5) is 2.59. The number of hydrogen-bond donors (Lipinski definition) is 0. The van der Waals surface area contributed by atoms with Crippen LogP contribution >= 0.6 is 0 Å². The summed E-state index contributed by atoms with van der Waals surface area (Å²) in [7, 11) is 4.67. The molecule has 1 atom stereocenters. The van der Waals surface area contributed by atoms with Crippen molar-refractivity contribution in [3.05, 3.63) is 0 Å². The summed E-state index contributed by atoms with van der Waals surface area (Å²) in [5.74, 6) is 0. The number of rotatable bonds is 7. The summed E-state index contributed by atoms with van der Waals surface area (Å²) in [5.41, 5.74) is 0. The maximum Gasteiger partial charge on any atom is 0.0869 e. The van der Waals surface area contributed by atoms with E-state index in [1.165, 1.54) is 19.5 Å². The molecule has 0 saturated carbocycles. The average Bonchev–Trinajstić information content (AvgIpc) is 2.16. The van der Waals surface area contributed by atoms with E-state index in [2.05, 4.69) is 60.5 Å². The Morgan fingerprint density at radius 1 is 0.938 bits per heavy atom. The van der Waals surface area contributed by atoms with Gasteiger partial charge in [0.05, 0.1) is 26.7 Å². The van der Waals surface area contributed by atoms with E-state index in [1.54, 1.807) is 0 Å². The van der Waals surface area contributed by atoms with Crippen molar-refractivity contribution in [3.8, 4) is 0 Å². The molecule has 1 unspecified atom stereocenters. The molecule has 0 amide bonds. The van der Waals surface area contributed by atoms with Gasteiger partial charge in [0, 0.05) is 25.0 Å². The fourth-order valence-electron chi connectivity index (χ4n) is 2.11. The largest absolute Gasteiger partial charge is 0.326 e. The quantitative estimate of drug-likeness (QED) is 0.607. The second kappa shape index (κ2) is 6.61. The van der Waals surface area contributed by atoms with Crippen molar-refractivity contribution < 1.29 is 4.48 Å². The van der Waals surface area contributed by atoms with Crippen LogP contribution in [0.15, 0.2) is 0 Å². The van der Waals surface area contributed by atoms with Crippen LogP contribution in [0.1, 0.15) is 48.0 Å². The summed E-state index contributed by atoms with van der Waals surface area (Å²) in [5, 5.41) is 0. The van der Waals surface area contributed by atoms with E-state index in [9.17, 15) is 0 Å². The molecule has 0 aromatic heterocycles. The fourth-order valence-corrected chi connectivity index (χ4v) is 2.11. The van der Waals surface area contributed by atoms with Crippen LogP contribution in [-0.4, -0.2) is 54.7 Å². The van der Waals surface area contributed by atoms with Crippen molar-refractivity contribution in [2.45, 2.75) is 66.1 Å². The molecule has 98 valence electrons. The lowest BCUT2D eigenvalue weighted by Crippen LogP contribution is -2.49. The Labute approximate surface area is 103 Å². The van der Waals surface area contributed by atoms with E-state index >= 15 is 0 Å². The monoisotopic (exact) mass is 229 g/mol. The number of nitrogens with zero attached hydrogens (tertiary/aromatic N) is 2. The van der Waals surface area contributed by atoms with Crippen LogP contribution in [0.3, 0.4) is 0 Å². The summed E-state index contributed by atoms with van der Waals surface area (Å²) in [6.45, 7) is 16.3. The van der Waals surface area contributed by atoms with Gasteiger partial charge in [-0.25, -0.2) is 0 Å². The molecular weight excluding hydrogens is 196 g/mol. The molecule has 0 spiro atoms. The maximum absolute atomic E-state index is 2.59. The molecular formula is C14H33N2+. The highest BCUT2D eigenvalue weighted by Gasteiger charge is 2.23. The first-order valence-corrected chi connectivity index (χ1v) is 6.80. The average molecular weight is 229 g/mol. The van der Waals surface area contributed by atoms with Crippen molar-refractivity contribution in [2.75, 3.05) is 27.2 Å². The van der Waals surface area contributed by atoms with Gasteiger partial charge in [-0.15, -0.1) is 0 Å². The minimum atomic E-state index is 0.657. The van der Waals surface area contributed by atoms with Gasteiger partial charge in [0.2, 0.25) is 0 Å². The molecule has 0 bridgehead atoms. The summed E-state index contributed by atoms with van der Waals surface area (Å²) < 4.78 is 1.13. The zero-order valence-corrected chi connectivity index (χ0v) is 12.7. The Morgan fingerprint density at radius 3 is 1.69 bits per heavy atom. The molecule has 0 aliphatic carbocycles. The van der Waals surface area contributed by atoms with E-state index in [-0.39, 0.29) is 0 Å². The normalized spacial score (nSPS) is 15.2. The van der Waals surface area contributed by atoms with Crippen molar-refractivity contribution >= 4 is 0 Å². The van der Waals surface area contributed by atoms with Crippen LogP contribution in [0, 0.1) is 0 Å². The molecule has 16 heavy (non-hydrogen) atoms. The Kier molecular flexibility index (Phi) is 6.57. The van der Waals surface area contributed by atoms with Crippen LogP contribution in [0.2, 0.25) is 0 Å². The van der Waals surface area contributed by atoms with E-state index in [0.29, 0.717) is 12.1 Å². The summed E-state index contributed by atoms with van der Waals surface area (Å²) in [6.07, 6.45) is 1.29. The topological polar surface area (TPSA) is 3.24 Å². The molecule has 0 aromatic rings.